The van der Waals surface area contributed by atoms with Gasteiger partial charge in [-0.1, -0.05) is 18.2 Å². The minimum Gasteiger partial charge on any atom is -0.494 e. The highest BCUT2D eigenvalue weighted by Gasteiger charge is 2.10. The SMILES string of the molecule is CCOc1ccc(CNC(=O)COc2ccc3c(c2)CCCC3)cc1. The molecule has 0 aliphatic heterocycles. The Morgan fingerprint density at radius 3 is 2.44 bits per heavy atom. The fraction of sp³-hybridized carbons (Fsp3) is 0.381. The number of ether oxygens (including phenoxy) is 2. The number of hydrogen-bond donors (Lipinski definition) is 1. The van der Waals surface area contributed by atoms with Gasteiger partial charge in [0.25, 0.3) is 5.91 Å². The summed E-state index contributed by atoms with van der Waals surface area (Å²) < 4.78 is 11.0. The molecule has 0 aromatic heterocycles. The van der Waals surface area contributed by atoms with Crippen LogP contribution >= 0.6 is 0 Å². The molecule has 132 valence electrons. The largest absolute Gasteiger partial charge is 0.494 e. The number of aryl methyl sites for hydroxylation is 2. The normalized spacial score (nSPS) is 13.0. The summed E-state index contributed by atoms with van der Waals surface area (Å²) in [6.45, 7) is 3.13. The topological polar surface area (TPSA) is 47.6 Å². The number of nitrogens with one attached hydrogen (secondary N) is 1. The average molecular weight is 339 g/mol. The molecule has 25 heavy (non-hydrogen) atoms. The number of hydrogen-bond acceptors (Lipinski definition) is 3. The molecule has 2 aromatic rings. The molecular weight excluding hydrogens is 314 g/mol. The van der Waals surface area contributed by atoms with Crippen molar-refractivity contribution < 1.29 is 14.3 Å². The highest BCUT2D eigenvalue weighted by molar-refractivity contribution is 5.77. The van der Waals surface area contributed by atoms with Crippen molar-refractivity contribution in [1.29, 1.82) is 0 Å². The number of rotatable bonds is 7. The molecule has 0 spiro atoms. The van der Waals surface area contributed by atoms with Crippen LogP contribution in [-0.4, -0.2) is 19.1 Å². The molecule has 0 heterocycles. The Labute approximate surface area is 149 Å². The van der Waals surface area contributed by atoms with E-state index in [0.717, 1.165) is 29.9 Å². The van der Waals surface area contributed by atoms with E-state index in [2.05, 4.69) is 17.4 Å². The van der Waals surface area contributed by atoms with Crippen molar-refractivity contribution in [2.75, 3.05) is 13.2 Å². The third kappa shape index (κ3) is 4.99. The van der Waals surface area contributed by atoms with Crippen LogP contribution in [0.5, 0.6) is 11.5 Å². The van der Waals surface area contributed by atoms with Crippen LogP contribution in [0.25, 0.3) is 0 Å². The van der Waals surface area contributed by atoms with E-state index in [1.807, 2.05) is 37.3 Å². The lowest BCUT2D eigenvalue weighted by Crippen LogP contribution is -2.28. The molecule has 4 nitrogen and oxygen atoms in total. The van der Waals surface area contributed by atoms with E-state index in [4.69, 9.17) is 9.47 Å². The van der Waals surface area contributed by atoms with Crippen molar-refractivity contribution >= 4 is 5.91 Å². The van der Waals surface area contributed by atoms with Crippen molar-refractivity contribution in [3.63, 3.8) is 0 Å². The first-order valence-corrected chi connectivity index (χ1v) is 8.97. The van der Waals surface area contributed by atoms with Crippen molar-refractivity contribution in [2.45, 2.75) is 39.2 Å². The first-order chi connectivity index (χ1) is 12.2. The molecule has 1 N–H and O–H groups in total. The average Bonchev–Trinajstić information content (AvgIpc) is 2.66. The summed E-state index contributed by atoms with van der Waals surface area (Å²) in [5, 5.41) is 2.88. The summed E-state index contributed by atoms with van der Waals surface area (Å²) in [6, 6.07) is 13.9. The lowest BCUT2D eigenvalue weighted by Gasteiger charge is -2.16. The van der Waals surface area contributed by atoms with Crippen LogP contribution in [-0.2, 0) is 24.2 Å². The van der Waals surface area contributed by atoms with Gasteiger partial charge in [-0.05, 0) is 73.6 Å². The predicted octanol–water partition coefficient (Wildman–Crippen LogP) is 3.66. The zero-order valence-corrected chi connectivity index (χ0v) is 14.7. The summed E-state index contributed by atoms with van der Waals surface area (Å²) in [6.07, 6.45) is 4.76. The summed E-state index contributed by atoms with van der Waals surface area (Å²) in [7, 11) is 0. The van der Waals surface area contributed by atoms with Gasteiger partial charge in [-0.25, -0.2) is 0 Å². The maximum atomic E-state index is 12.0. The van der Waals surface area contributed by atoms with E-state index in [0.29, 0.717) is 13.2 Å². The van der Waals surface area contributed by atoms with Crippen LogP contribution in [0, 0.1) is 0 Å². The van der Waals surface area contributed by atoms with E-state index >= 15 is 0 Å². The van der Waals surface area contributed by atoms with Gasteiger partial charge in [0, 0.05) is 6.54 Å². The van der Waals surface area contributed by atoms with Crippen molar-refractivity contribution in [3.8, 4) is 11.5 Å². The molecule has 0 saturated carbocycles. The number of amides is 1. The molecule has 4 heteroatoms. The summed E-state index contributed by atoms with van der Waals surface area (Å²) >= 11 is 0. The molecule has 0 radical (unpaired) electrons. The minimum atomic E-state index is -0.119. The van der Waals surface area contributed by atoms with Crippen LogP contribution in [0.15, 0.2) is 42.5 Å². The van der Waals surface area contributed by atoms with E-state index in [9.17, 15) is 4.79 Å². The van der Waals surface area contributed by atoms with Gasteiger partial charge >= 0.3 is 0 Å². The van der Waals surface area contributed by atoms with Gasteiger partial charge in [0.05, 0.1) is 6.61 Å². The number of carbonyl (C=O) groups excluding carboxylic acids is 1. The standard InChI is InChI=1S/C21H25NO3/c1-2-24-19-10-7-16(8-11-19)14-22-21(23)15-25-20-12-9-17-5-3-4-6-18(17)13-20/h7-13H,2-6,14-15H2,1H3,(H,22,23). The van der Waals surface area contributed by atoms with Crippen LogP contribution in [0.3, 0.4) is 0 Å². The fourth-order valence-electron chi connectivity index (χ4n) is 3.07. The van der Waals surface area contributed by atoms with E-state index in [1.165, 1.54) is 24.0 Å². The second kappa shape index (κ2) is 8.56. The predicted molar refractivity (Wildman–Crippen MR) is 98.0 cm³/mol. The Hall–Kier alpha value is -2.49. The van der Waals surface area contributed by atoms with E-state index in [-0.39, 0.29) is 12.5 Å². The third-order valence-electron chi connectivity index (χ3n) is 4.41. The van der Waals surface area contributed by atoms with E-state index < -0.39 is 0 Å². The number of fused-ring (bicyclic) bond motifs is 1. The molecule has 1 amide bonds. The van der Waals surface area contributed by atoms with Crippen LogP contribution in [0.4, 0.5) is 0 Å². The van der Waals surface area contributed by atoms with Crippen molar-refractivity contribution in [1.82, 2.24) is 5.32 Å². The molecule has 0 saturated heterocycles. The van der Waals surface area contributed by atoms with Crippen molar-refractivity contribution in [3.05, 3.63) is 59.2 Å². The second-order valence-corrected chi connectivity index (χ2v) is 6.28. The third-order valence-corrected chi connectivity index (χ3v) is 4.41. The molecular formula is C21H25NO3. The Morgan fingerprint density at radius 2 is 1.68 bits per heavy atom. The molecule has 1 aliphatic carbocycles. The van der Waals surface area contributed by atoms with Gasteiger partial charge in [0.2, 0.25) is 0 Å². The molecule has 0 bridgehead atoms. The zero-order valence-electron chi connectivity index (χ0n) is 14.7. The Kier molecular flexibility index (Phi) is 5.94. The lowest BCUT2D eigenvalue weighted by atomic mass is 9.92. The van der Waals surface area contributed by atoms with Gasteiger partial charge in [0.1, 0.15) is 11.5 Å². The van der Waals surface area contributed by atoms with Gasteiger partial charge in [0.15, 0.2) is 6.61 Å². The maximum Gasteiger partial charge on any atom is 0.258 e. The van der Waals surface area contributed by atoms with Crippen LogP contribution in [0.2, 0.25) is 0 Å². The number of carbonyl (C=O) groups is 1. The van der Waals surface area contributed by atoms with Gasteiger partial charge < -0.3 is 14.8 Å². The summed E-state index contributed by atoms with van der Waals surface area (Å²) in [5.41, 5.74) is 3.81. The minimum absolute atomic E-state index is 0.0375. The molecule has 0 atom stereocenters. The monoisotopic (exact) mass is 339 g/mol. The Bertz CT molecular complexity index is 710. The molecule has 1 aliphatic rings. The highest BCUT2D eigenvalue weighted by atomic mass is 16.5. The van der Waals surface area contributed by atoms with Crippen molar-refractivity contribution in [2.24, 2.45) is 0 Å². The van der Waals surface area contributed by atoms with Gasteiger partial charge in [-0.15, -0.1) is 0 Å². The quantitative estimate of drug-likeness (QED) is 0.837. The lowest BCUT2D eigenvalue weighted by molar-refractivity contribution is -0.123. The van der Waals surface area contributed by atoms with Gasteiger partial charge in [-0.3, -0.25) is 4.79 Å². The van der Waals surface area contributed by atoms with E-state index in [1.54, 1.807) is 0 Å². The molecule has 0 fully saturated rings. The molecule has 0 unspecified atom stereocenters. The summed E-state index contributed by atoms with van der Waals surface area (Å²) in [5.74, 6) is 1.50. The maximum absolute atomic E-state index is 12.0. The molecule has 3 rings (SSSR count). The zero-order chi connectivity index (χ0) is 17.5. The first kappa shape index (κ1) is 17.3. The second-order valence-electron chi connectivity index (χ2n) is 6.28. The first-order valence-electron chi connectivity index (χ1n) is 8.97. The van der Waals surface area contributed by atoms with Gasteiger partial charge in [-0.2, -0.15) is 0 Å². The summed E-state index contributed by atoms with van der Waals surface area (Å²) in [4.78, 5) is 12.0. The Balaban J connectivity index is 1.45. The molecule has 2 aromatic carbocycles. The fourth-order valence-corrected chi connectivity index (χ4v) is 3.07. The van der Waals surface area contributed by atoms with Crippen LogP contribution < -0.4 is 14.8 Å². The highest BCUT2D eigenvalue weighted by Crippen LogP contribution is 2.25. The van der Waals surface area contributed by atoms with Crippen LogP contribution in [0.1, 0.15) is 36.5 Å². The smallest absolute Gasteiger partial charge is 0.258 e. The Morgan fingerprint density at radius 1 is 0.960 bits per heavy atom. The number of benzene rings is 2.